The van der Waals surface area contributed by atoms with Crippen LogP contribution in [0.3, 0.4) is 0 Å². The Labute approximate surface area is 188 Å². The highest BCUT2D eigenvalue weighted by Gasteiger charge is 2.39. The van der Waals surface area contributed by atoms with E-state index in [9.17, 15) is 22.4 Å². The molecule has 3 aliphatic rings. The fourth-order valence-electron chi connectivity index (χ4n) is 4.64. The molecule has 0 unspecified atom stereocenters. The van der Waals surface area contributed by atoms with Crippen molar-refractivity contribution < 1.29 is 27.1 Å². The first-order chi connectivity index (χ1) is 15.8. The molecule has 0 bridgehead atoms. The van der Waals surface area contributed by atoms with Gasteiger partial charge in [-0.15, -0.1) is 0 Å². The second-order valence-corrected chi connectivity index (χ2v) is 9.01. The standard InChI is InChI=1S/C23H24F4N4O2/c24-19-4-1-14(7-18(19)23(25,26)27)8-22(32)31-6-5-30-13-17(9-16(30)12-31)33-21-11-28-20(10-29-21)15-2-3-15/h1,4,7,10-11,15-17H,2-3,5-6,8-9,12-13H2/t16-,17+/m0/s1. The highest BCUT2D eigenvalue weighted by Crippen LogP contribution is 2.38. The molecule has 3 heterocycles. The van der Waals surface area contributed by atoms with E-state index in [0.717, 1.165) is 43.6 Å². The number of hydrogen-bond donors (Lipinski definition) is 0. The van der Waals surface area contributed by atoms with E-state index in [1.54, 1.807) is 17.3 Å². The van der Waals surface area contributed by atoms with Gasteiger partial charge < -0.3 is 9.64 Å². The molecule has 2 aliphatic heterocycles. The zero-order chi connectivity index (χ0) is 23.2. The van der Waals surface area contributed by atoms with E-state index < -0.39 is 17.6 Å². The molecule has 2 saturated heterocycles. The van der Waals surface area contributed by atoms with Gasteiger partial charge in [0.25, 0.3) is 0 Å². The molecular weight excluding hydrogens is 440 g/mol. The number of ether oxygens (including phenoxy) is 1. The summed E-state index contributed by atoms with van der Waals surface area (Å²) in [5, 5.41) is 0. The largest absolute Gasteiger partial charge is 0.472 e. The monoisotopic (exact) mass is 464 g/mol. The average Bonchev–Trinajstić information content (AvgIpc) is 3.54. The van der Waals surface area contributed by atoms with Crippen LogP contribution in [0.4, 0.5) is 17.6 Å². The maximum absolute atomic E-state index is 13.5. The van der Waals surface area contributed by atoms with Crippen LogP contribution in [-0.4, -0.2) is 64.0 Å². The fraction of sp³-hybridized carbons (Fsp3) is 0.522. The predicted molar refractivity (Wildman–Crippen MR) is 110 cm³/mol. The quantitative estimate of drug-likeness (QED) is 0.635. The molecule has 1 aliphatic carbocycles. The Morgan fingerprint density at radius 1 is 1.12 bits per heavy atom. The van der Waals surface area contributed by atoms with Crippen LogP contribution >= 0.6 is 0 Å². The molecule has 2 aromatic rings. The maximum atomic E-state index is 13.5. The van der Waals surface area contributed by atoms with Gasteiger partial charge in [0.1, 0.15) is 11.9 Å². The number of halogens is 4. The molecule has 0 N–H and O–H groups in total. The van der Waals surface area contributed by atoms with Crippen LogP contribution in [0.25, 0.3) is 0 Å². The Bertz CT molecular complexity index is 1030. The van der Waals surface area contributed by atoms with E-state index in [2.05, 4.69) is 14.9 Å². The third-order valence-electron chi connectivity index (χ3n) is 6.55. The highest BCUT2D eigenvalue weighted by atomic mass is 19.4. The number of rotatable bonds is 5. The summed E-state index contributed by atoms with van der Waals surface area (Å²) in [4.78, 5) is 25.5. The van der Waals surface area contributed by atoms with E-state index in [1.807, 2.05) is 0 Å². The number of amides is 1. The smallest absolute Gasteiger partial charge is 0.419 e. The highest BCUT2D eigenvalue weighted by molar-refractivity contribution is 5.79. The molecule has 2 atom stereocenters. The summed E-state index contributed by atoms with van der Waals surface area (Å²) in [6, 6.07) is 2.83. The zero-order valence-electron chi connectivity index (χ0n) is 17.9. The number of fused-ring (bicyclic) bond motifs is 1. The summed E-state index contributed by atoms with van der Waals surface area (Å²) in [7, 11) is 0. The van der Waals surface area contributed by atoms with E-state index in [4.69, 9.17) is 4.74 Å². The Morgan fingerprint density at radius 3 is 2.64 bits per heavy atom. The molecule has 5 rings (SSSR count). The lowest BCUT2D eigenvalue weighted by Crippen LogP contribution is -2.52. The van der Waals surface area contributed by atoms with Crippen molar-refractivity contribution in [2.75, 3.05) is 26.2 Å². The summed E-state index contributed by atoms with van der Waals surface area (Å²) < 4.78 is 58.4. The summed E-state index contributed by atoms with van der Waals surface area (Å²) in [5.74, 6) is -0.573. The van der Waals surface area contributed by atoms with Gasteiger partial charge in [-0.2, -0.15) is 13.2 Å². The molecule has 0 spiro atoms. The lowest BCUT2D eigenvalue weighted by molar-refractivity contribution is -0.140. The second-order valence-electron chi connectivity index (χ2n) is 9.01. The van der Waals surface area contributed by atoms with Gasteiger partial charge in [-0.25, -0.2) is 9.37 Å². The van der Waals surface area contributed by atoms with E-state index in [0.29, 0.717) is 31.4 Å². The lowest BCUT2D eigenvalue weighted by Gasteiger charge is -2.37. The molecule has 10 heteroatoms. The van der Waals surface area contributed by atoms with Gasteiger partial charge in [0, 0.05) is 44.6 Å². The third kappa shape index (κ3) is 4.95. The number of alkyl halides is 3. The first kappa shape index (κ1) is 22.1. The molecule has 1 saturated carbocycles. The molecule has 33 heavy (non-hydrogen) atoms. The van der Waals surface area contributed by atoms with Gasteiger partial charge in [0.2, 0.25) is 11.8 Å². The van der Waals surface area contributed by atoms with Crippen molar-refractivity contribution in [3.63, 3.8) is 0 Å². The second kappa shape index (κ2) is 8.55. The summed E-state index contributed by atoms with van der Waals surface area (Å²) in [5.41, 5.74) is -0.192. The van der Waals surface area contributed by atoms with Gasteiger partial charge in [0.15, 0.2) is 0 Å². The minimum atomic E-state index is -4.80. The van der Waals surface area contributed by atoms with Crippen LogP contribution in [0.1, 0.15) is 42.0 Å². The van der Waals surface area contributed by atoms with Gasteiger partial charge >= 0.3 is 6.18 Å². The fourth-order valence-corrected chi connectivity index (χ4v) is 4.64. The molecule has 176 valence electrons. The Kier molecular flexibility index (Phi) is 5.72. The SMILES string of the molecule is O=C(Cc1ccc(F)c(C(F)(F)F)c1)N1CCN2C[C@H](Oc3cnc(C4CC4)cn3)C[C@H]2C1. The Hall–Kier alpha value is -2.75. The van der Waals surface area contributed by atoms with Crippen LogP contribution in [0.5, 0.6) is 5.88 Å². The third-order valence-corrected chi connectivity index (χ3v) is 6.55. The average molecular weight is 464 g/mol. The number of piperazine rings is 1. The zero-order valence-corrected chi connectivity index (χ0v) is 17.9. The van der Waals surface area contributed by atoms with Crippen molar-refractivity contribution in [1.82, 2.24) is 19.8 Å². The first-order valence-electron chi connectivity index (χ1n) is 11.1. The molecular formula is C23H24F4N4O2. The normalized spacial score (nSPS) is 23.5. The van der Waals surface area contributed by atoms with Gasteiger partial charge in [0.05, 0.1) is 30.1 Å². The number of hydrogen-bond acceptors (Lipinski definition) is 5. The summed E-state index contributed by atoms with van der Waals surface area (Å²) in [6.07, 6.45) is 1.44. The van der Waals surface area contributed by atoms with Gasteiger partial charge in [-0.05, 0) is 30.5 Å². The lowest BCUT2D eigenvalue weighted by atomic mass is 10.1. The Morgan fingerprint density at radius 2 is 1.94 bits per heavy atom. The van der Waals surface area contributed by atoms with Crippen LogP contribution in [0.15, 0.2) is 30.6 Å². The number of nitrogens with zero attached hydrogens (tertiary/aromatic N) is 4. The van der Waals surface area contributed by atoms with Crippen LogP contribution in [0.2, 0.25) is 0 Å². The minimum absolute atomic E-state index is 0.0578. The van der Waals surface area contributed by atoms with Crippen molar-refractivity contribution in [1.29, 1.82) is 0 Å². The minimum Gasteiger partial charge on any atom is -0.472 e. The van der Waals surface area contributed by atoms with Gasteiger partial charge in [-0.1, -0.05) is 6.07 Å². The number of benzene rings is 1. The van der Waals surface area contributed by atoms with E-state index >= 15 is 0 Å². The van der Waals surface area contributed by atoms with Crippen molar-refractivity contribution >= 4 is 5.91 Å². The number of carbonyl (C=O) groups excluding carboxylic acids is 1. The van der Waals surface area contributed by atoms with Crippen LogP contribution in [-0.2, 0) is 17.4 Å². The first-order valence-corrected chi connectivity index (χ1v) is 11.1. The summed E-state index contributed by atoms with van der Waals surface area (Å²) in [6.45, 7) is 2.37. The Balaban J connectivity index is 1.16. The van der Waals surface area contributed by atoms with Crippen molar-refractivity contribution in [2.24, 2.45) is 0 Å². The van der Waals surface area contributed by atoms with E-state index in [1.165, 1.54) is 6.07 Å². The molecule has 6 nitrogen and oxygen atoms in total. The van der Waals surface area contributed by atoms with Crippen molar-refractivity contribution in [3.05, 3.63) is 53.2 Å². The number of aromatic nitrogens is 2. The molecule has 1 aromatic heterocycles. The maximum Gasteiger partial charge on any atom is 0.419 e. The number of carbonyl (C=O) groups is 1. The topological polar surface area (TPSA) is 58.6 Å². The van der Waals surface area contributed by atoms with Crippen molar-refractivity contribution in [3.8, 4) is 5.88 Å². The van der Waals surface area contributed by atoms with Gasteiger partial charge in [-0.3, -0.25) is 14.7 Å². The van der Waals surface area contributed by atoms with E-state index in [-0.39, 0.29) is 30.0 Å². The predicted octanol–water partition coefficient (Wildman–Crippen LogP) is 3.42. The van der Waals surface area contributed by atoms with Crippen LogP contribution in [0, 0.1) is 5.82 Å². The van der Waals surface area contributed by atoms with Crippen molar-refractivity contribution in [2.45, 2.75) is 49.9 Å². The molecule has 1 aromatic carbocycles. The molecule has 0 radical (unpaired) electrons. The van der Waals surface area contributed by atoms with Crippen LogP contribution < -0.4 is 4.74 Å². The molecule has 1 amide bonds. The summed E-state index contributed by atoms with van der Waals surface area (Å²) >= 11 is 0. The molecule has 3 fully saturated rings.